The summed E-state index contributed by atoms with van der Waals surface area (Å²) < 4.78 is 11.7. The summed E-state index contributed by atoms with van der Waals surface area (Å²) in [6.07, 6.45) is 1.28. The fraction of sp³-hybridized carbons (Fsp3) is 0.143. The van der Waals surface area contributed by atoms with Crippen molar-refractivity contribution in [3.63, 3.8) is 0 Å². The molecule has 0 fully saturated rings. The third-order valence-corrected chi connectivity index (χ3v) is 3.62. The molecule has 7 nitrogen and oxygen atoms in total. The van der Waals surface area contributed by atoms with Gasteiger partial charge in [-0.25, -0.2) is 4.98 Å². The van der Waals surface area contributed by atoms with Crippen molar-refractivity contribution in [3.8, 4) is 11.3 Å². The van der Waals surface area contributed by atoms with Gasteiger partial charge in [-0.1, -0.05) is 33.2 Å². The molecule has 22 heavy (non-hydrogen) atoms. The summed E-state index contributed by atoms with van der Waals surface area (Å²) in [5.74, 6) is -0.545. The van der Waals surface area contributed by atoms with Gasteiger partial charge in [-0.3, -0.25) is 14.2 Å². The largest absolute Gasteiger partial charge is 0.468 e. The lowest BCUT2D eigenvalue weighted by Crippen LogP contribution is -2.24. The van der Waals surface area contributed by atoms with Gasteiger partial charge >= 0.3 is 5.97 Å². The molecule has 0 bridgehead atoms. The second-order valence-corrected chi connectivity index (χ2v) is 5.39. The van der Waals surface area contributed by atoms with Crippen LogP contribution in [0.4, 0.5) is 0 Å². The Balaban J connectivity index is 2.09. The van der Waals surface area contributed by atoms with Crippen LogP contribution in [0.15, 0.2) is 44.4 Å². The summed E-state index contributed by atoms with van der Waals surface area (Å²) in [6.45, 7) is -0.230. The fourth-order valence-electron chi connectivity index (χ4n) is 1.97. The number of halogens is 1. The highest BCUT2D eigenvalue weighted by Crippen LogP contribution is 2.25. The van der Waals surface area contributed by atoms with E-state index in [-0.39, 0.29) is 12.1 Å². The maximum atomic E-state index is 12.3. The number of rotatable bonds is 3. The molecule has 2 heterocycles. The Morgan fingerprint density at radius 3 is 2.77 bits per heavy atom. The summed E-state index contributed by atoms with van der Waals surface area (Å²) in [5, 5.41) is 3.91. The second-order valence-electron chi connectivity index (χ2n) is 4.47. The summed E-state index contributed by atoms with van der Waals surface area (Å²) in [5.41, 5.74) is 1.13. The number of nitrogens with zero attached hydrogens (tertiary/aromatic N) is 3. The maximum absolute atomic E-state index is 12.3. The van der Waals surface area contributed by atoms with E-state index in [4.69, 9.17) is 4.52 Å². The van der Waals surface area contributed by atoms with Gasteiger partial charge in [-0.15, -0.1) is 0 Å². The van der Waals surface area contributed by atoms with Crippen molar-refractivity contribution < 1.29 is 14.1 Å². The SMILES string of the molecule is COC(=O)Cn1cnc2c(-c3ccc(Br)cc3)noc2c1=O. The molecule has 0 spiro atoms. The van der Waals surface area contributed by atoms with E-state index >= 15 is 0 Å². The van der Waals surface area contributed by atoms with Gasteiger partial charge in [0.1, 0.15) is 17.8 Å². The summed E-state index contributed by atoms with van der Waals surface area (Å²) in [4.78, 5) is 27.7. The Morgan fingerprint density at radius 2 is 2.09 bits per heavy atom. The van der Waals surface area contributed by atoms with E-state index in [9.17, 15) is 9.59 Å². The lowest BCUT2D eigenvalue weighted by Gasteiger charge is -2.02. The molecule has 0 amide bonds. The Labute approximate surface area is 132 Å². The molecule has 0 saturated carbocycles. The second kappa shape index (κ2) is 5.72. The highest BCUT2D eigenvalue weighted by atomic mass is 79.9. The first kappa shape index (κ1) is 14.5. The number of hydrogen-bond acceptors (Lipinski definition) is 6. The lowest BCUT2D eigenvalue weighted by atomic mass is 10.1. The third-order valence-electron chi connectivity index (χ3n) is 3.09. The number of fused-ring (bicyclic) bond motifs is 1. The first-order valence-electron chi connectivity index (χ1n) is 6.27. The molecule has 0 saturated heterocycles. The average Bonchev–Trinajstić information content (AvgIpc) is 2.95. The summed E-state index contributed by atoms with van der Waals surface area (Å²) in [6, 6.07) is 7.38. The minimum atomic E-state index is -0.545. The van der Waals surface area contributed by atoms with Crippen LogP contribution in [0.3, 0.4) is 0 Å². The van der Waals surface area contributed by atoms with Gasteiger partial charge in [0.15, 0.2) is 0 Å². The molecule has 3 rings (SSSR count). The van der Waals surface area contributed by atoms with Crippen LogP contribution in [0.25, 0.3) is 22.4 Å². The molecule has 0 aliphatic heterocycles. The van der Waals surface area contributed by atoms with E-state index in [2.05, 4.69) is 30.8 Å². The molecule has 0 radical (unpaired) electrons. The van der Waals surface area contributed by atoms with Crippen molar-refractivity contribution in [2.24, 2.45) is 0 Å². The highest BCUT2D eigenvalue weighted by molar-refractivity contribution is 9.10. The van der Waals surface area contributed by atoms with Crippen LogP contribution in [0.2, 0.25) is 0 Å². The summed E-state index contributed by atoms with van der Waals surface area (Å²) in [7, 11) is 1.25. The number of aromatic nitrogens is 3. The number of carbonyl (C=O) groups is 1. The van der Waals surface area contributed by atoms with Crippen molar-refractivity contribution in [1.82, 2.24) is 14.7 Å². The normalized spacial score (nSPS) is 10.8. The van der Waals surface area contributed by atoms with E-state index < -0.39 is 11.5 Å². The molecule has 2 aromatic heterocycles. The molecule has 8 heteroatoms. The average molecular weight is 364 g/mol. The first-order valence-corrected chi connectivity index (χ1v) is 7.07. The van der Waals surface area contributed by atoms with Crippen molar-refractivity contribution in [1.29, 1.82) is 0 Å². The van der Waals surface area contributed by atoms with Gasteiger partial charge in [0, 0.05) is 10.0 Å². The van der Waals surface area contributed by atoms with Crippen LogP contribution in [0.1, 0.15) is 0 Å². The molecule has 0 unspecified atom stereocenters. The molecule has 0 aliphatic rings. The zero-order valence-electron chi connectivity index (χ0n) is 11.4. The van der Waals surface area contributed by atoms with Crippen molar-refractivity contribution in [2.75, 3.05) is 7.11 Å². The molecule has 0 aliphatic carbocycles. The molecular formula is C14H10BrN3O4. The van der Waals surface area contributed by atoms with Crippen LogP contribution in [-0.4, -0.2) is 27.8 Å². The fourth-order valence-corrected chi connectivity index (χ4v) is 2.23. The molecular weight excluding hydrogens is 354 g/mol. The predicted molar refractivity (Wildman–Crippen MR) is 81.2 cm³/mol. The van der Waals surface area contributed by atoms with Crippen LogP contribution in [0, 0.1) is 0 Å². The van der Waals surface area contributed by atoms with Gasteiger partial charge in [-0.2, -0.15) is 0 Å². The van der Waals surface area contributed by atoms with Crippen molar-refractivity contribution >= 4 is 33.0 Å². The lowest BCUT2D eigenvalue weighted by molar-refractivity contribution is -0.141. The maximum Gasteiger partial charge on any atom is 0.325 e. The Hall–Kier alpha value is -2.48. The molecule has 1 aromatic carbocycles. The molecule has 112 valence electrons. The standard InChI is InChI=1S/C14H10BrN3O4/c1-21-10(19)6-18-7-16-12-11(17-22-13(12)14(18)20)8-2-4-9(15)5-3-8/h2-5,7H,6H2,1H3. The quantitative estimate of drug-likeness (QED) is 0.661. The van der Waals surface area contributed by atoms with E-state index in [1.807, 2.05) is 24.3 Å². The smallest absolute Gasteiger partial charge is 0.325 e. The number of ether oxygens (including phenoxy) is 1. The Bertz CT molecular complexity index is 899. The Morgan fingerprint density at radius 1 is 1.36 bits per heavy atom. The minimum Gasteiger partial charge on any atom is -0.468 e. The van der Waals surface area contributed by atoms with Crippen molar-refractivity contribution in [2.45, 2.75) is 6.54 Å². The van der Waals surface area contributed by atoms with Gasteiger partial charge < -0.3 is 9.26 Å². The van der Waals surface area contributed by atoms with Gasteiger partial charge in [0.2, 0.25) is 0 Å². The first-order chi connectivity index (χ1) is 10.6. The number of methoxy groups -OCH3 is 1. The molecule has 0 N–H and O–H groups in total. The van der Waals surface area contributed by atoms with E-state index in [1.165, 1.54) is 13.4 Å². The van der Waals surface area contributed by atoms with Crippen molar-refractivity contribution in [3.05, 3.63) is 45.4 Å². The Kier molecular flexibility index (Phi) is 3.76. The number of benzene rings is 1. The molecule has 0 atom stereocenters. The van der Waals surface area contributed by atoms with Gasteiger partial charge in [0.25, 0.3) is 11.1 Å². The molecule has 3 aromatic rings. The minimum absolute atomic E-state index is 0.00400. The van der Waals surface area contributed by atoms with E-state index in [0.717, 1.165) is 14.6 Å². The van der Waals surface area contributed by atoms with Crippen LogP contribution >= 0.6 is 15.9 Å². The third kappa shape index (κ3) is 2.52. The van der Waals surface area contributed by atoms with E-state index in [0.29, 0.717) is 11.2 Å². The monoisotopic (exact) mass is 363 g/mol. The zero-order chi connectivity index (χ0) is 15.7. The van der Waals surface area contributed by atoms with Crippen LogP contribution in [0.5, 0.6) is 0 Å². The van der Waals surface area contributed by atoms with Gasteiger partial charge in [-0.05, 0) is 12.1 Å². The topological polar surface area (TPSA) is 87.2 Å². The van der Waals surface area contributed by atoms with Gasteiger partial charge in [0.05, 0.1) is 13.4 Å². The zero-order valence-corrected chi connectivity index (χ0v) is 13.0. The highest BCUT2D eigenvalue weighted by Gasteiger charge is 2.17. The van der Waals surface area contributed by atoms with E-state index in [1.54, 1.807) is 0 Å². The number of esters is 1. The predicted octanol–water partition coefficient (Wildman–Crippen LogP) is 1.99. The number of hydrogen-bond donors (Lipinski definition) is 0. The summed E-state index contributed by atoms with van der Waals surface area (Å²) >= 11 is 3.35. The van der Waals surface area contributed by atoms with Crippen LogP contribution < -0.4 is 5.56 Å². The van der Waals surface area contributed by atoms with Crippen LogP contribution in [-0.2, 0) is 16.1 Å². The number of carbonyl (C=O) groups excluding carboxylic acids is 1.